The van der Waals surface area contributed by atoms with Crippen molar-refractivity contribution in [2.24, 2.45) is 0 Å². The fourth-order valence-electron chi connectivity index (χ4n) is 8.51. The van der Waals surface area contributed by atoms with Crippen LogP contribution in [0.4, 0.5) is 0 Å². The molecule has 8 aromatic rings. The molecule has 0 saturated carbocycles. The lowest BCUT2D eigenvalue weighted by molar-refractivity contribution is 0.472. The Bertz CT molecular complexity index is 3340. The van der Waals surface area contributed by atoms with Crippen LogP contribution in [0, 0.1) is 13.8 Å². The van der Waals surface area contributed by atoms with Crippen LogP contribution < -0.4 is 0 Å². The second-order valence-electron chi connectivity index (χ2n) is 20.5. The van der Waals surface area contributed by atoms with E-state index in [-0.39, 0.29) is 27.6 Å². The lowest BCUT2D eigenvalue weighted by atomic mass is 9.83. The Morgan fingerprint density at radius 3 is 1.75 bits per heavy atom. The number of phenols is 1. The second-order valence-corrected chi connectivity index (χ2v) is 20.5. The molecule has 4 nitrogen and oxygen atoms in total. The number of aromatic hydroxyl groups is 1. The van der Waals surface area contributed by atoms with Gasteiger partial charge in [0, 0.05) is 35.2 Å². The van der Waals surface area contributed by atoms with Gasteiger partial charge in [0.25, 0.3) is 0 Å². The Hall–Kier alpha value is -6.26. The van der Waals surface area contributed by atoms with Crippen LogP contribution in [0.25, 0.3) is 72.7 Å². The zero-order valence-corrected chi connectivity index (χ0v) is 39.0. The topological polar surface area (TPSA) is 50.9 Å². The molecule has 8 rings (SSSR count). The number of hydrogen-bond acceptors (Lipinski definition) is 3. The highest BCUT2D eigenvalue weighted by Gasteiger charge is 2.26. The van der Waals surface area contributed by atoms with Crippen molar-refractivity contribution in [3.63, 3.8) is 0 Å². The Morgan fingerprint density at radius 1 is 0.500 bits per heavy atom. The molecule has 2 aromatic heterocycles. The number of aryl methyl sites for hydroxylation is 2. The molecule has 0 fully saturated rings. The van der Waals surface area contributed by atoms with E-state index in [4.69, 9.17) is 22.3 Å². The van der Waals surface area contributed by atoms with Crippen LogP contribution in [-0.4, -0.2) is 19.6 Å². The highest BCUT2D eigenvalue weighted by Crippen LogP contribution is 2.44. The largest absolute Gasteiger partial charge is 0.507 e. The summed E-state index contributed by atoms with van der Waals surface area (Å²) in [5, 5.41) is 11.9. The van der Waals surface area contributed by atoms with Crippen LogP contribution in [-0.2, 0) is 21.7 Å². The molecule has 0 aliphatic rings. The number of fused-ring (bicyclic) bond motifs is 1. The minimum atomic E-state index is -3.37. The number of nitrogens with zero attached hydrogens (tertiary/aromatic N) is 3. The molecule has 0 amide bonds. The van der Waals surface area contributed by atoms with E-state index in [1.165, 1.54) is 17.7 Å². The smallest absolute Gasteiger partial charge is 0.149 e. The maximum atomic E-state index is 11.9. The summed E-state index contributed by atoms with van der Waals surface area (Å²) in [4.78, 5) is 10.4. The molecule has 0 radical (unpaired) electrons. The van der Waals surface area contributed by atoms with Crippen molar-refractivity contribution in [1.82, 2.24) is 14.5 Å². The molecule has 326 valence electrons. The average Bonchev–Trinajstić information content (AvgIpc) is 3.67. The number of pyridine rings is 1. The SMILES string of the molecule is [2H]C([2H])([2H])C(c1ccc(-c2ccnc(-c3cc(-c4cccc5c4nc(-c4cc(C)cc(C)c4O)n5-c4cc(C(C)(C)C)ccc4-c4ccc(C(C)(C)C)cc4)cc(C(C)(C)C)c3)c2)cc1)(C([2H])([2H])[2H])C([2H])([2H])[2H]. The molecule has 0 bridgehead atoms. The van der Waals surface area contributed by atoms with Crippen LogP contribution in [0.15, 0.2) is 134 Å². The third kappa shape index (κ3) is 8.68. The molecule has 0 atom stereocenters. The average molecular weight is 853 g/mol. The van der Waals surface area contributed by atoms with Gasteiger partial charge in [-0.3, -0.25) is 9.55 Å². The van der Waals surface area contributed by atoms with E-state index in [1.54, 1.807) is 24.4 Å². The quantitative estimate of drug-likeness (QED) is 0.181. The van der Waals surface area contributed by atoms with Gasteiger partial charge in [-0.05, 0) is 134 Å². The molecule has 0 spiro atoms. The van der Waals surface area contributed by atoms with E-state index in [2.05, 4.69) is 146 Å². The van der Waals surface area contributed by atoms with Crippen LogP contribution >= 0.6 is 0 Å². The molecule has 2 heterocycles. The zero-order chi connectivity index (χ0) is 53.6. The van der Waals surface area contributed by atoms with E-state index in [0.717, 1.165) is 66.8 Å². The lowest BCUT2D eigenvalue weighted by Gasteiger charge is -2.24. The van der Waals surface area contributed by atoms with Gasteiger partial charge in [0.1, 0.15) is 11.6 Å². The standard InChI is InChI=1S/C60H65N3O/c1-37-30-38(2)55(64)50(31-37)56-62-54-49(16-15-17-52(54)63(56)53-36-46(59(9,10)11)26-27-48(53)40-20-24-45(25-21-40)58(6,7)8)42-32-43(34-47(33-42)60(12,13)14)51-35-41(28-29-61-51)39-18-22-44(23-19-39)57(3,4)5/h15-36,64H,1-14H3/i3D3,4D3,5D3. The maximum absolute atomic E-state index is 11.9. The monoisotopic (exact) mass is 853 g/mol. The number of imidazole rings is 1. The first kappa shape index (κ1) is 34.2. The van der Waals surface area contributed by atoms with Crippen molar-refractivity contribution >= 4 is 11.0 Å². The number of benzene rings is 6. The predicted octanol–water partition coefficient (Wildman–Crippen LogP) is 16.3. The van der Waals surface area contributed by atoms with Gasteiger partial charge in [-0.15, -0.1) is 0 Å². The normalized spacial score (nSPS) is 15.3. The van der Waals surface area contributed by atoms with Crippen molar-refractivity contribution < 1.29 is 17.4 Å². The summed E-state index contributed by atoms with van der Waals surface area (Å²) in [6.07, 6.45) is 1.69. The van der Waals surface area contributed by atoms with Crippen molar-refractivity contribution in [3.8, 4) is 67.5 Å². The van der Waals surface area contributed by atoms with Gasteiger partial charge >= 0.3 is 0 Å². The molecular weight excluding hydrogens is 779 g/mol. The Balaban J connectivity index is 1.35. The highest BCUT2D eigenvalue weighted by molar-refractivity contribution is 5.98. The minimum absolute atomic E-state index is 0.0231. The van der Waals surface area contributed by atoms with Gasteiger partial charge in [-0.2, -0.15) is 0 Å². The van der Waals surface area contributed by atoms with E-state index in [0.29, 0.717) is 28.2 Å². The number of phenolic OH excluding ortho intramolecular Hbond substituents is 1. The number of para-hydroxylation sites is 1. The van der Waals surface area contributed by atoms with Crippen LogP contribution in [0.1, 0.15) is 129 Å². The first-order valence-corrected chi connectivity index (χ1v) is 22.0. The molecular formula is C60H65N3O. The van der Waals surface area contributed by atoms with Crippen LogP contribution in [0.2, 0.25) is 0 Å². The summed E-state index contributed by atoms with van der Waals surface area (Å²) in [6, 6.07) is 41.5. The van der Waals surface area contributed by atoms with Gasteiger partial charge in [0.05, 0.1) is 28.0 Å². The van der Waals surface area contributed by atoms with E-state index in [1.807, 2.05) is 32.0 Å². The molecule has 0 saturated heterocycles. The van der Waals surface area contributed by atoms with Gasteiger partial charge in [-0.25, -0.2) is 4.98 Å². The molecule has 1 N–H and O–H groups in total. The minimum Gasteiger partial charge on any atom is -0.507 e. The number of rotatable bonds is 6. The van der Waals surface area contributed by atoms with Crippen molar-refractivity contribution in [3.05, 3.63) is 167 Å². The summed E-state index contributed by atoms with van der Waals surface area (Å²) >= 11 is 0. The van der Waals surface area contributed by atoms with Crippen molar-refractivity contribution in [1.29, 1.82) is 0 Å². The summed E-state index contributed by atoms with van der Waals surface area (Å²) in [7, 11) is 0. The molecule has 0 unspecified atom stereocenters. The fourth-order valence-corrected chi connectivity index (χ4v) is 8.51. The van der Waals surface area contributed by atoms with Gasteiger partial charge in [0.2, 0.25) is 0 Å². The molecule has 4 heteroatoms. The molecule has 6 aromatic carbocycles. The summed E-state index contributed by atoms with van der Waals surface area (Å²) in [5.74, 6) is 0.766. The van der Waals surface area contributed by atoms with E-state index < -0.39 is 26.0 Å². The number of aromatic nitrogens is 3. The Morgan fingerprint density at radius 2 is 1.11 bits per heavy atom. The highest BCUT2D eigenvalue weighted by atomic mass is 16.3. The van der Waals surface area contributed by atoms with E-state index in [9.17, 15) is 5.11 Å². The predicted molar refractivity (Wildman–Crippen MR) is 272 cm³/mol. The second kappa shape index (κ2) is 16.1. The first-order chi connectivity index (χ1) is 33.7. The van der Waals surface area contributed by atoms with Gasteiger partial charge in [-0.1, -0.05) is 168 Å². The molecule has 0 aliphatic carbocycles. The molecule has 64 heavy (non-hydrogen) atoms. The number of hydrogen-bond donors (Lipinski definition) is 1. The first-order valence-electron chi connectivity index (χ1n) is 26.5. The third-order valence-corrected chi connectivity index (χ3v) is 12.4. The van der Waals surface area contributed by atoms with Crippen molar-refractivity contribution in [2.75, 3.05) is 0 Å². The summed E-state index contributed by atoms with van der Waals surface area (Å²) in [5.41, 5.74) is 11.1. The van der Waals surface area contributed by atoms with Crippen molar-refractivity contribution in [2.45, 2.75) is 118 Å². The zero-order valence-electron chi connectivity index (χ0n) is 48.0. The summed E-state index contributed by atoms with van der Waals surface area (Å²) < 4.78 is 76.1. The Labute approximate surface area is 394 Å². The maximum Gasteiger partial charge on any atom is 0.149 e. The van der Waals surface area contributed by atoms with Crippen LogP contribution in [0.3, 0.4) is 0 Å². The van der Waals surface area contributed by atoms with Crippen LogP contribution in [0.5, 0.6) is 5.75 Å². The van der Waals surface area contributed by atoms with E-state index >= 15 is 0 Å². The third-order valence-electron chi connectivity index (χ3n) is 12.4. The Kier molecular flexibility index (Phi) is 8.58. The fraction of sp³-hybridized carbons (Fsp3) is 0.300. The summed E-state index contributed by atoms with van der Waals surface area (Å²) in [6.45, 7) is 13.6. The lowest BCUT2D eigenvalue weighted by Crippen LogP contribution is -2.13. The van der Waals surface area contributed by atoms with Gasteiger partial charge < -0.3 is 5.11 Å². The van der Waals surface area contributed by atoms with Gasteiger partial charge in [0.15, 0.2) is 0 Å². The molecule has 0 aliphatic heterocycles.